The summed E-state index contributed by atoms with van der Waals surface area (Å²) in [5.74, 6) is -0.322. The van der Waals surface area contributed by atoms with E-state index in [2.05, 4.69) is 62.5 Å². The molecule has 6 unspecified atom stereocenters. The van der Waals surface area contributed by atoms with Crippen molar-refractivity contribution in [3.63, 3.8) is 0 Å². The predicted octanol–water partition coefficient (Wildman–Crippen LogP) is 12.1. The third-order valence-electron chi connectivity index (χ3n) is 11.5. The largest absolute Gasteiger partial charge is 0.457 e. The molecule has 0 aliphatic carbocycles. The minimum absolute atomic E-state index is 0.118. The van der Waals surface area contributed by atoms with E-state index in [1.54, 1.807) is 0 Å². The minimum atomic E-state index is -1.54. The number of unbranched alkanes of at least 4 members (excludes halogenated alkanes) is 24. The van der Waals surface area contributed by atoms with Crippen molar-refractivity contribution in [1.82, 2.24) is 0 Å². The first kappa shape index (κ1) is 57.2. The highest BCUT2D eigenvalue weighted by Gasteiger charge is 2.44. The SMILES string of the molecule is CCCCC/C=C\C/C=C\CCCCCCCCCCCCOCC(COC1OC(CO)C(O)C(O)C1O)OC(=O)CCCCCCCCC/C=C\C/C=C\CCCCCC. The number of hydrogen-bond acceptors (Lipinski definition) is 9. The number of aliphatic hydroxyl groups is 4. The Kier molecular flexibility index (Phi) is 40.7. The number of rotatable bonds is 43. The molecule has 0 spiro atoms. The Hall–Kier alpha value is -1.85. The Labute approximate surface area is 373 Å². The van der Waals surface area contributed by atoms with Crippen molar-refractivity contribution in [2.75, 3.05) is 26.4 Å². The molecule has 0 bridgehead atoms. The van der Waals surface area contributed by atoms with E-state index in [0.717, 1.165) is 51.4 Å². The summed E-state index contributed by atoms with van der Waals surface area (Å²) in [5.41, 5.74) is 0. The van der Waals surface area contributed by atoms with E-state index in [4.69, 9.17) is 18.9 Å². The normalized spacial score (nSPS) is 20.3. The first-order valence-corrected chi connectivity index (χ1v) is 25.2. The summed E-state index contributed by atoms with van der Waals surface area (Å²) in [6.45, 7) is 4.52. The molecule has 0 aromatic carbocycles. The second-order valence-corrected chi connectivity index (χ2v) is 17.3. The van der Waals surface area contributed by atoms with Crippen LogP contribution in [-0.2, 0) is 23.7 Å². The van der Waals surface area contributed by atoms with Crippen molar-refractivity contribution in [2.45, 2.75) is 250 Å². The van der Waals surface area contributed by atoms with Gasteiger partial charge in [0.15, 0.2) is 6.29 Å². The quantitative estimate of drug-likeness (QED) is 0.0268. The van der Waals surface area contributed by atoms with Crippen LogP contribution in [0.2, 0.25) is 0 Å². The third kappa shape index (κ3) is 34.3. The van der Waals surface area contributed by atoms with E-state index in [1.165, 1.54) is 141 Å². The van der Waals surface area contributed by atoms with Gasteiger partial charge in [0, 0.05) is 13.0 Å². The molecule has 0 amide bonds. The lowest BCUT2D eigenvalue weighted by Crippen LogP contribution is -2.59. The Balaban J connectivity index is 2.22. The molecule has 1 fully saturated rings. The van der Waals surface area contributed by atoms with Crippen LogP contribution < -0.4 is 0 Å². The van der Waals surface area contributed by atoms with Crippen LogP contribution in [-0.4, -0.2) is 89.6 Å². The van der Waals surface area contributed by atoms with Gasteiger partial charge in [0.1, 0.15) is 30.5 Å². The summed E-state index contributed by atoms with van der Waals surface area (Å²) in [6, 6.07) is 0. The molecule has 1 aliphatic rings. The standard InChI is InChI=1S/C52H94O9/c1-3-5-7-9-11-13-15-17-19-21-23-24-26-28-30-32-34-36-38-40-42-58-44-46(45-59-52-51(57)50(56)49(55)47(43-53)61-52)60-48(54)41-39-37-35-33-31-29-27-25-22-20-18-16-14-12-10-8-6-4-2/h11,13-14,16-17,19-20,22,46-47,49-53,55-57H,3-10,12,15,18,21,23-45H2,1-2H3/b13-11-,16-14-,19-17-,22-20-. The lowest BCUT2D eigenvalue weighted by molar-refractivity contribution is -0.305. The number of carbonyl (C=O) groups is 1. The van der Waals surface area contributed by atoms with Crippen LogP contribution in [0, 0.1) is 0 Å². The fraction of sp³-hybridized carbons (Fsp3) is 0.827. The second-order valence-electron chi connectivity index (χ2n) is 17.3. The molecule has 9 heteroatoms. The minimum Gasteiger partial charge on any atom is -0.457 e. The number of ether oxygens (including phenoxy) is 4. The van der Waals surface area contributed by atoms with Gasteiger partial charge in [0.2, 0.25) is 0 Å². The van der Waals surface area contributed by atoms with Crippen LogP contribution >= 0.6 is 0 Å². The van der Waals surface area contributed by atoms with Gasteiger partial charge in [-0.15, -0.1) is 0 Å². The zero-order valence-corrected chi connectivity index (χ0v) is 39.2. The van der Waals surface area contributed by atoms with Gasteiger partial charge >= 0.3 is 5.97 Å². The molecule has 1 aliphatic heterocycles. The summed E-state index contributed by atoms with van der Waals surface area (Å²) < 4.78 is 22.9. The zero-order valence-electron chi connectivity index (χ0n) is 39.2. The van der Waals surface area contributed by atoms with Gasteiger partial charge in [-0.1, -0.05) is 178 Å². The van der Waals surface area contributed by atoms with Crippen molar-refractivity contribution in [3.05, 3.63) is 48.6 Å². The summed E-state index contributed by atoms with van der Waals surface area (Å²) in [5, 5.41) is 40.2. The molecule has 0 aromatic rings. The fourth-order valence-electron chi connectivity index (χ4n) is 7.49. The average molecular weight is 863 g/mol. The molecule has 356 valence electrons. The van der Waals surface area contributed by atoms with E-state index in [1.807, 2.05) is 0 Å². The van der Waals surface area contributed by atoms with Crippen molar-refractivity contribution >= 4 is 5.97 Å². The summed E-state index contributed by atoms with van der Waals surface area (Å²) in [6.07, 6.45) is 47.0. The molecule has 1 rings (SSSR count). The van der Waals surface area contributed by atoms with Gasteiger partial charge in [-0.05, 0) is 77.0 Å². The fourth-order valence-corrected chi connectivity index (χ4v) is 7.49. The van der Waals surface area contributed by atoms with E-state index in [9.17, 15) is 25.2 Å². The molecule has 9 nitrogen and oxygen atoms in total. The second kappa shape index (κ2) is 43.4. The highest BCUT2D eigenvalue weighted by atomic mass is 16.7. The first-order valence-electron chi connectivity index (χ1n) is 25.2. The van der Waals surface area contributed by atoms with Crippen LogP contribution in [0.25, 0.3) is 0 Å². The maximum absolute atomic E-state index is 12.8. The first-order chi connectivity index (χ1) is 29.9. The topological polar surface area (TPSA) is 135 Å². The number of allylic oxidation sites excluding steroid dienone is 8. The van der Waals surface area contributed by atoms with Gasteiger partial charge in [-0.2, -0.15) is 0 Å². The van der Waals surface area contributed by atoms with Gasteiger partial charge in [0.05, 0.1) is 19.8 Å². The number of aliphatic hydroxyl groups excluding tert-OH is 4. The molecule has 6 atom stereocenters. The van der Waals surface area contributed by atoms with Crippen LogP contribution in [0.4, 0.5) is 0 Å². The smallest absolute Gasteiger partial charge is 0.306 e. The van der Waals surface area contributed by atoms with Gasteiger partial charge in [-0.3, -0.25) is 4.79 Å². The van der Waals surface area contributed by atoms with E-state index in [0.29, 0.717) is 13.0 Å². The predicted molar refractivity (Wildman–Crippen MR) is 251 cm³/mol. The van der Waals surface area contributed by atoms with Crippen LogP contribution in [0.5, 0.6) is 0 Å². The lowest BCUT2D eigenvalue weighted by atomic mass is 9.99. The maximum atomic E-state index is 12.8. The monoisotopic (exact) mass is 863 g/mol. The highest BCUT2D eigenvalue weighted by molar-refractivity contribution is 5.69. The van der Waals surface area contributed by atoms with E-state index < -0.39 is 43.4 Å². The molecular formula is C52H94O9. The molecule has 1 heterocycles. The van der Waals surface area contributed by atoms with Crippen molar-refractivity contribution < 1.29 is 44.2 Å². The van der Waals surface area contributed by atoms with Crippen LogP contribution in [0.15, 0.2) is 48.6 Å². The van der Waals surface area contributed by atoms with Crippen LogP contribution in [0.3, 0.4) is 0 Å². The Morgan fingerprint density at radius 3 is 1.44 bits per heavy atom. The highest BCUT2D eigenvalue weighted by Crippen LogP contribution is 2.23. The Bertz CT molecular complexity index is 1070. The molecule has 4 N–H and O–H groups in total. The number of hydrogen-bond donors (Lipinski definition) is 4. The summed E-state index contributed by atoms with van der Waals surface area (Å²) in [7, 11) is 0. The van der Waals surface area contributed by atoms with Crippen molar-refractivity contribution in [1.29, 1.82) is 0 Å². The van der Waals surface area contributed by atoms with Crippen molar-refractivity contribution in [2.24, 2.45) is 0 Å². The summed E-state index contributed by atoms with van der Waals surface area (Å²) >= 11 is 0. The zero-order chi connectivity index (χ0) is 44.3. The Morgan fingerprint density at radius 2 is 0.951 bits per heavy atom. The average Bonchev–Trinajstić information content (AvgIpc) is 3.26. The molecule has 61 heavy (non-hydrogen) atoms. The number of carbonyl (C=O) groups excluding carboxylic acids is 1. The third-order valence-corrected chi connectivity index (χ3v) is 11.5. The van der Waals surface area contributed by atoms with Crippen molar-refractivity contribution in [3.8, 4) is 0 Å². The van der Waals surface area contributed by atoms with Crippen LogP contribution in [0.1, 0.15) is 213 Å². The molecular weight excluding hydrogens is 769 g/mol. The van der Waals surface area contributed by atoms with E-state index in [-0.39, 0.29) is 19.2 Å². The molecule has 0 saturated carbocycles. The maximum Gasteiger partial charge on any atom is 0.306 e. The van der Waals surface area contributed by atoms with Gasteiger partial charge < -0.3 is 39.4 Å². The molecule has 0 radical (unpaired) electrons. The number of esters is 1. The molecule has 0 aromatic heterocycles. The van der Waals surface area contributed by atoms with Gasteiger partial charge in [-0.25, -0.2) is 0 Å². The lowest BCUT2D eigenvalue weighted by Gasteiger charge is -2.39. The van der Waals surface area contributed by atoms with Gasteiger partial charge in [0.25, 0.3) is 0 Å². The van der Waals surface area contributed by atoms with E-state index >= 15 is 0 Å². The molecule has 1 saturated heterocycles. The summed E-state index contributed by atoms with van der Waals surface area (Å²) in [4.78, 5) is 12.8. The Morgan fingerprint density at radius 1 is 0.525 bits per heavy atom.